The molecule has 4 rings (SSSR count). The monoisotopic (exact) mass is 471 g/mol. The maximum absolute atomic E-state index is 12.5. The molecule has 0 aliphatic carbocycles. The first kappa shape index (κ1) is 23.1. The fourth-order valence-corrected chi connectivity index (χ4v) is 3.28. The van der Waals surface area contributed by atoms with Crippen molar-refractivity contribution in [3.63, 3.8) is 0 Å². The van der Waals surface area contributed by atoms with Crippen molar-refractivity contribution in [3.05, 3.63) is 65.7 Å². The molecule has 0 unspecified atom stereocenters. The number of hydrogen-bond donors (Lipinski definition) is 3. The number of benzene rings is 1. The van der Waals surface area contributed by atoms with Crippen LogP contribution in [0.2, 0.25) is 0 Å². The Bertz CT molecular complexity index is 1320. The summed E-state index contributed by atoms with van der Waals surface area (Å²) in [5, 5.41) is 22.3. The number of carbonyl (C=O) groups excluding carboxylic acids is 1. The highest BCUT2D eigenvalue weighted by Crippen LogP contribution is 2.23. The van der Waals surface area contributed by atoms with Gasteiger partial charge in [-0.25, -0.2) is 9.97 Å². The SMILES string of the molecule is Cc1ccc(Nc2ccc3c(c2)ncn3-c2ccc(CCO)c(C(=O)NCC(F)(F)F)n2)nn1. The molecule has 176 valence electrons. The summed E-state index contributed by atoms with van der Waals surface area (Å²) in [6, 6.07) is 12.2. The Morgan fingerprint density at radius 1 is 1.12 bits per heavy atom. The fraction of sp³-hybridized carbons (Fsp3) is 0.227. The molecule has 1 aromatic carbocycles. The van der Waals surface area contributed by atoms with Gasteiger partial charge in [-0.3, -0.25) is 9.36 Å². The van der Waals surface area contributed by atoms with Crippen LogP contribution < -0.4 is 10.6 Å². The Hall–Kier alpha value is -4.06. The predicted molar refractivity (Wildman–Crippen MR) is 118 cm³/mol. The molecule has 1 amide bonds. The molecule has 4 aromatic rings. The summed E-state index contributed by atoms with van der Waals surface area (Å²) in [7, 11) is 0. The van der Waals surface area contributed by atoms with E-state index < -0.39 is 18.6 Å². The van der Waals surface area contributed by atoms with E-state index in [9.17, 15) is 23.1 Å². The normalized spacial score (nSPS) is 11.6. The Morgan fingerprint density at radius 2 is 1.94 bits per heavy atom. The van der Waals surface area contributed by atoms with E-state index in [0.717, 1.165) is 11.4 Å². The lowest BCUT2D eigenvalue weighted by atomic mass is 10.1. The van der Waals surface area contributed by atoms with Crippen molar-refractivity contribution in [2.75, 3.05) is 18.5 Å². The van der Waals surface area contributed by atoms with Crippen LogP contribution in [0.1, 0.15) is 21.7 Å². The van der Waals surface area contributed by atoms with Gasteiger partial charge in [0.15, 0.2) is 5.82 Å². The number of aliphatic hydroxyl groups is 1. The topological polar surface area (TPSA) is 118 Å². The minimum atomic E-state index is -4.55. The lowest BCUT2D eigenvalue weighted by Crippen LogP contribution is -2.35. The van der Waals surface area contributed by atoms with Crippen molar-refractivity contribution in [3.8, 4) is 5.82 Å². The van der Waals surface area contributed by atoms with E-state index in [1.54, 1.807) is 41.0 Å². The molecule has 34 heavy (non-hydrogen) atoms. The van der Waals surface area contributed by atoms with Gasteiger partial charge in [0.25, 0.3) is 5.91 Å². The van der Waals surface area contributed by atoms with Crippen LogP contribution in [0, 0.1) is 6.92 Å². The molecule has 0 saturated heterocycles. The van der Waals surface area contributed by atoms with Crippen LogP contribution in [0.4, 0.5) is 24.7 Å². The predicted octanol–water partition coefficient (Wildman–Crippen LogP) is 3.09. The molecule has 12 heteroatoms. The number of amides is 1. The first-order valence-electron chi connectivity index (χ1n) is 10.2. The van der Waals surface area contributed by atoms with Crippen molar-refractivity contribution < 1.29 is 23.1 Å². The second-order valence-corrected chi connectivity index (χ2v) is 7.45. The molecule has 0 spiro atoms. The van der Waals surface area contributed by atoms with Crippen LogP contribution in [-0.2, 0) is 6.42 Å². The van der Waals surface area contributed by atoms with Gasteiger partial charge in [0.2, 0.25) is 0 Å². The summed E-state index contributed by atoms with van der Waals surface area (Å²) in [5.74, 6) is -0.107. The maximum atomic E-state index is 12.5. The van der Waals surface area contributed by atoms with Crippen LogP contribution >= 0.6 is 0 Å². The molecule has 0 atom stereocenters. The summed E-state index contributed by atoms with van der Waals surface area (Å²) >= 11 is 0. The van der Waals surface area contributed by atoms with E-state index in [4.69, 9.17) is 0 Å². The summed E-state index contributed by atoms with van der Waals surface area (Å²) < 4.78 is 39.3. The molecular formula is C22H20F3N7O2. The first-order valence-corrected chi connectivity index (χ1v) is 10.2. The van der Waals surface area contributed by atoms with E-state index in [2.05, 4.69) is 25.5 Å². The number of halogens is 3. The Morgan fingerprint density at radius 3 is 2.65 bits per heavy atom. The maximum Gasteiger partial charge on any atom is 0.405 e. The molecule has 0 fully saturated rings. The van der Waals surface area contributed by atoms with E-state index in [1.165, 1.54) is 6.33 Å². The number of nitrogens with one attached hydrogen (secondary N) is 2. The largest absolute Gasteiger partial charge is 0.405 e. The smallest absolute Gasteiger partial charge is 0.396 e. The van der Waals surface area contributed by atoms with Gasteiger partial charge in [0.1, 0.15) is 24.4 Å². The minimum Gasteiger partial charge on any atom is -0.396 e. The van der Waals surface area contributed by atoms with E-state index in [1.807, 2.05) is 18.3 Å². The molecule has 3 heterocycles. The van der Waals surface area contributed by atoms with Gasteiger partial charge in [-0.1, -0.05) is 6.07 Å². The number of hydrogen-bond acceptors (Lipinski definition) is 7. The number of fused-ring (bicyclic) bond motifs is 1. The van der Waals surface area contributed by atoms with Gasteiger partial charge in [0.05, 0.1) is 16.7 Å². The lowest BCUT2D eigenvalue weighted by molar-refractivity contribution is -0.123. The zero-order valence-electron chi connectivity index (χ0n) is 18.0. The van der Waals surface area contributed by atoms with Gasteiger partial charge in [-0.05, 0) is 55.3 Å². The van der Waals surface area contributed by atoms with Gasteiger partial charge >= 0.3 is 6.18 Å². The number of anilines is 2. The Kier molecular flexibility index (Phi) is 6.41. The second-order valence-electron chi connectivity index (χ2n) is 7.45. The molecule has 3 aromatic heterocycles. The van der Waals surface area contributed by atoms with Gasteiger partial charge in [-0.15, -0.1) is 5.10 Å². The average Bonchev–Trinajstić information content (AvgIpc) is 3.22. The lowest BCUT2D eigenvalue weighted by Gasteiger charge is -2.13. The van der Waals surface area contributed by atoms with Crippen molar-refractivity contribution in [1.82, 2.24) is 30.0 Å². The standard InChI is InChI=1S/C22H20F3N7O2/c1-13-2-6-18(31-30-13)28-15-4-5-17-16(10-15)27-12-32(17)19-7-3-14(8-9-33)20(29-19)21(34)26-11-22(23,24)25/h2-7,10,12,33H,8-9,11H2,1H3,(H,26,34)(H,28,31). The molecule has 9 nitrogen and oxygen atoms in total. The van der Waals surface area contributed by atoms with Crippen molar-refractivity contribution in [2.45, 2.75) is 19.5 Å². The van der Waals surface area contributed by atoms with Gasteiger partial charge in [0, 0.05) is 12.3 Å². The number of pyridine rings is 1. The van der Waals surface area contributed by atoms with E-state index >= 15 is 0 Å². The van der Waals surface area contributed by atoms with Crippen LogP contribution in [0.25, 0.3) is 16.9 Å². The minimum absolute atomic E-state index is 0.0731. The van der Waals surface area contributed by atoms with Crippen molar-refractivity contribution in [2.24, 2.45) is 0 Å². The number of aromatic nitrogens is 5. The summed E-state index contributed by atoms with van der Waals surface area (Å²) in [5.41, 5.74) is 2.96. The third-order valence-corrected chi connectivity index (χ3v) is 4.87. The number of imidazole rings is 1. The summed E-state index contributed by atoms with van der Waals surface area (Å²) in [4.78, 5) is 21.1. The number of nitrogens with zero attached hydrogens (tertiary/aromatic N) is 5. The molecule has 0 bridgehead atoms. The molecule has 0 saturated carbocycles. The molecule has 0 radical (unpaired) electrons. The van der Waals surface area contributed by atoms with Gasteiger partial charge in [-0.2, -0.15) is 18.3 Å². The Labute approximate surface area is 191 Å². The van der Waals surface area contributed by atoms with Crippen LogP contribution in [-0.4, -0.2) is 55.1 Å². The van der Waals surface area contributed by atoms with Gasteiger partial charge < -0.3 is 15.7 Å². The highest BCUT2D eigenvalue weighted by atomic mass is 19.4. The van der Waals surface area contributed by atoms with Crippen LogP contribution in [0.3, 0.4) is 0 Å². The highest BCUT2D eigenvalue weighted by molar-refractivity contribution is 5.94. The zero-order chi connectivity index (χ0) is 24.3. The number of aryl methyl sites for hydroxylation is 1. The number of rotatable bonds is 7. The third kappa shape index (κ3) is 5.29. The molecular weight excluding hydrogens is 451 g/mol. The van der Waals surface area contributed by atoms with Crippen molar-refractivity contribution >= 4 is 28.4 Å². The zero-order valence-corrected chi connectivity index (χ0v) is 18.0. The first-order chi connectivity index (χ1) is 16.2. The third-order valence-electron chi connectivity index (χ3n) is 4.87. The van der Waals surface area contributed by atoms with Crippen LogP contribution in [0.5, 0.6) is 0 Å². The fourth-order valence-electron chi connectivity index (χ4n) is 3.28. The summed E-state index contributed by atoms with van der Waals surface area (Å²) in [6.45, 7) is 0.0758. The van der Waals surface area contributed by atoms with E-state index in [0.29, 0.717) is 28.2 Å². The number of aliphatic hydroxyl groups excluding tert-OH is 1. The quantitative estimate of drug-likeness (QED) is 0.379. The number of carbonyl (C=O) groups is 1. The molecule has 0 aliphatic rings. The molecule has 0 aliphatic heterocycles. The second kappa shape index (κ2) is 9.43. The highest BCUT2D eigenvalue weighted by Gasteiger charge is 2.28. The summed E-state index contributed by atoms with van der Waals surface area (Å²) in [6.07, 6.45) is -2.98. The number of alkyl halides is 3. The Balaban J connectivity index is 1.64. The van der Waals surface area contributed by atoms with E-state index in [-0.39, 0.29) is 18.7 Å². The average molecular weight is 471 g/mol. The van der Waals surface area contributed by atoms with Crippen LogP contribution in [0.15, 0.2) is 48.8 Å². The van der Waals surface area contributed by atoms with Crippen molar-refractivity contribution in [1.29, 1.82) is 0 Å². The molecule has 3 N–H and O–H groups in total.